The minimum atomic E-state index is -2.91. The van der Waals surface area contributed by atoms with Gasteiger partial charge in [0.15, 0.2) is 9.84 Å². The van der Waals surface area contributed by atoms with Gasteiger partial charge in [0.1, 0.15) is 18.8 Å². The normalized spacial score (nSPS) is 9.36. The summed E-state index contributed by atoms with van der Waals surface area (Å²) in [5.74, 6) is -0.407. The van der Waals surface area contributed by atoms with Crippen molar-refractivity contribution in [3.05, 3.63) is 145 Å². The molecule has 0 fully saturated rings. The molecule has 0 atom stereocenters. The minimum Gasteiger partial charge on any atom is -0.462 e. The van der Waals surface area contributed by atoms with E-state index in [1.54, 1.807) is 55.9 Å². The molecule has 2 aliphatic heterocycles. The molecule has 0 saturated carbocycles. The smallest absolute Gasteiger partial charge is 0.416 e. The van der Waals surface area contributed by atoms with Crippen molar-refractivity contribution in [3.63, 3.8) is 0 Å². The molecule has 8 heterocycles. The Morgan fingerprint density at radius 1 is 0.576 bits per heavy atom. The molecule has 5 N–H and O–H groups in total. The first-order chi connectivity index (χ1) is 29.1. The van der Waals surface area contributed by atoms with Crippen LogP contribution in [-0.2, 0) is 19.3 Å². The second kappa shape index (κ2) is 80.6. The predicted octanol–water partition coefficient (Wildman–Crippen LogP) is 11.3. The van der Waals surface area contributed by atoms with Crippen molar-refractivity contribution in [2.45, 2.75) is 111 Å². The maximum Gasteiger partial charge on any atom is 0.416 e. The zero-order valence-electron chi connectivity index (χ0n) is 38.4. The van der Waals surface area contributed by atoms with Crippen LogP contribution in [0.3, 0.4) is 0 Å². The summed E-state index contributed by atoms with van der Waals surface area (Å²) in [6.45, 7) is 32.4. The topological polar surface area (TPSA) is 239 Å². The molecular weight excluding hydrogens is 795 g/mol. The lowest BCUT2D eigenvalue weighted by molar-refractivity contribution is 0.0920. The number of nitrogens with one attached hydrogen (secondary N) is 5. The van der Waals surface area contributed by atoms with E-state index in [0.717, 1.165) is 10.8 Å². The van der Waals surface area contributed by atoms with E-state index in [1.807, 2.05) is 141 Å². The Hall–Kier alpha value is -5.82. The van der Waals surface area contributed by atoms with Gasteiger partial charge in [-0.25, -0.2) is 18.2 Å². The Morgan fingerprint density at radius 2 is 1.08 bits per heavy atom. The fraction of sp³-hybridized carbons (Fsp3) is 0.425. The molecular formula is C40H77N11O6S2. The number of imidazole rings is 1. The van der Waals surface area contributed by atoms with Crippen molar-refractivity contribution in [2.24, 2.45) is 0 Å². The van der Waals surface area contributed by atoms with Gasteiger partial charge < -0.3 is 23.9 Å². The van der Waals surface area contributed by atoms with E-state index in [-0.39, 0.29) is 0 Å². The Balaban J connectivity index is -0.0000000802. The number of ether oxygens (including phenoxy) is 2. The molecule has 0 saturated heterocycles. The molecule has 2 aliphatic rings. The molecule has 6 aromatic rings. The van der Waals surface area contributed by atoms with E-state index >= 15 is 0 Å². The van der Waals surface area contributed by atoms with Crippen LogP contribution in [-0.4, -0.2) is 69.5 Å². The lowest BCUT2D eigenvalue weighted by Crippen LogP contribution is -1.91. The van der Waals surface area contributed by atoms with Crippen LogP contribution in [0, 0.1) is 0 Å². The van der Waals surface area contributed by atoms with Crippen molar-refractivity contribution < 1.29 is 22.3 Å². The average Bonchev–Trinajstić information content (AvgIpc) is 4.18. The van der Waals surface area contributed by atoms with Crippen LogP contribution in [0.4, 0.5) is 0 Å². The number of rotatable bonds is 0. The van der Waals surface area contributed by atoms with Crippen molar-refractivity contribution in [2.75, 3.05) is 6.79 Å². The van der Waals surface area contributed by atoms with Gasteiger partial charge in [-0.05, 0) is 30.4 Å². The van der Waals surface area contributed by atoms with Crippen molar-refractivity contribution in [1.82, 2.24) is 54.3 Å². The molecule has 8 rings (SSSR count). The number of aromatic amines is 5. The molecule has 17 nitrogen and oxygen atoms in total. The fourth-order valence-corrected chi connectivity index (χ4v) is 2.78. The van der Waals surface area contributed by atoms with Crippen LogP contribution in [0.25, 0.3) is 0 Å². The highest BCUT2D eigenvalue weighted by atomic mass is 32.2. The highest BCUT2D eigenvalue weighted by Gasteiger charge is 2.00. The van der Waals surface area contributed by atoms with Crippen molar-refractivity contribution in [3.8, 4) is 0 Å². The molecule has 0 radical (unpaired) electrons. The Bertz CT molecular complexity index is 1260. The standard InChI is InChI=1S/C4H5N.C4H4O2S.2C3H4N2.C3H3NO2.C3H4O2.C2H3N3.C2H2N2S.8C2H6/c1-2-4-5-3-1;5-7(6)3-1-2-4-7;1-2-5-3-4-1;1-2-4-5-3-1;5-3-4-1-2-6-3;1-2-5-3-4-1;2*1-2-4-5-3-1;8*1-2/h1-5H;1-4H;2*1-3H,(H,4,5);1-2H,(H,4,5);1-2H,3H2;1-2H,(H,3,4,5);1-2H;8*1-2H3. The number of oxazole rings is 1. The number of sulfone groups is 1. The van der Waals surface area contributed by atoms with Gasteiger partial charge in [-0.1, -0.05) is 111 Å². The Labute approximate surface area is 359 Å². The van der Waals surface area contributed by atoms with E-state index in [0.29, 0.717) is 6.79 Å². The van der Waals surface area contributed by atoms with Gasteiger partial charge in [0.25, 0.3) is 0 Å². The quantitative estimate of drug-likeness (QED) is 0.0958. The predicted molar refractivity (Wildman–Crippen MR) is 248 cm³/mol. The molecule has 0 unspecified atom stereocenters. The number of hydrogen-bond acceptors (Lipinski definition) is 13. The first kappa shape index (κ1) is 70.9. The van der Waals surface area contributed by atoms with E-state index in [2.05, 4.69) is 68.2 Å². The summed E-state index contributed by atoms with van der Waals surface area (Å²) in [5.41, 5.74) is 0. The third kappa shape index (κ3) is 81.4. The fourth-order valence-electron chi connectivity index (χ4n) is 1.79. The summed E-state index contributed by atoms with van der Waals surface area (Å²) in [6, 6.07) is 5.72. The van der Waals surface area contributed by atoms with Gasteiger partial charge in [-0.15, -0.1) is 0 Å². The lowest BCUT2D eigenvalue weighted by Gasteiger charge is -1.82. The van der Waals surface area contributed by atoms with Crippen LogP contribution < -0.4 is 5.76 Å². The molecule has 0 aromatic carbocycles. The van der Waals surface area contributed by atoms with Crippen LogP contribution in [0.5, 0.6) is 0 Å². The number of aromatic nitrogens is 11. The van der Waals surface area contributed by atoms with E-state index in [9.17, 15) is 13.2 Å². The number of H-pyrrole nitrogens is 5. The molecule has 59 heavy (non-hydrogen) atoms. The highest BCUT2D eigenvalue weighted by Crippen LogP contribution is 2.01. The van der Waals surface area contributed by atoms with E-state index in [4.69, 9.17) is 0 Å². The molecule has 0 aliphatic carbocycles. The van der Waals surface area contributed by atoms with Crippen LogP contribution in [0.15, 0.2) is 144 Å². The largest absolute Gasteiger partial charge is 0.462 e. The minimum absolute atomic E-state index is 0.389. The summed E-state index contributed by atoms with van der Waals surface area (Å²) < 4.78 is 41.1. The Kier molecular flexibility index (Phi) is 96.9. The summed E-state index contributed by atoms with van der Waals surface area (Å²) in [7, 11) is -2.91. The van der Waals surface area contributed by atoms with Gasteiger partial charge in [-0.3, -0.25) is 10.1 Å². The third-order valence-electron chi connectivity index (χ3n) is 3.40. The number of nitrogens with zero attached hydrogens (tertiary/aromatic N) is 6. The van der Waals surface area contributed by atoms with Crippen LogP contribution in [0.2, 0.25) is 0 Å². The Morgan fingerprint density at radius 3 is 1.22 bits per heavy atom. The van der Waals surface area contributed by atoms with Gasteiger partial charge in [-0.2, -0.15) is 29.3 Å². The third-order valence-corrected chi connectivity index (χ3v) is 4.90. The van der Waals surface area contributed by atoms with E-state index < -0.39 is 15.6 Å². The summed E-state index contributed by atoms with van der Waals surface area (Å²) >= 11 is 1.21. The molecule has 0 amide bonds. The zero-order valence-corrected chi connectivity index (χ0v) is 40.0. The maximum absolute atomic E-state index is 10.3. The second-order valence-electron chi connectivity index (χ2n) is 6.48. The van der Waals surface area contributed by atoms with Crippen LogP contribution in [0.1, 0.15) is 111 Å². The maximum atomic E-state index is 10.3. The van der Waals surface area contributed by atoms with Gasteiger partial charge in [0.2, 0.25) is 6.79 Å². The summed E-state index contributed by atoms with van der Waals surface area (Å²) in [5, 5.41) is 17.9. The van der Waals surface area contributed by atoms with Gasteiger partial charge >= 0.3 is 5.76 Å². The monoisotopic (exact) mass is 872 g/mol. The first-order valence-corrected chi connectivity index (χ1v) is 22.0. The van der Waals surface area contributed by atoms with Crippen molar-refractivity contribution >= 4 is 21.6 Å². The molecule has 0 bridgehead atoms. The van der Waals surface area contributed by atoms with Gasteiger partial charge in [0, 0.05) is 54.2 Å². The lowest BCUT2D eigenvalue weighted by atomic mass is 10.6. The second-order valence-corrected chi connectivity index (χ2v) is 8.79. The van der Waals surface area contributed by atoms with Gasteiger partial charge in [0.05, 0.1) is 42.8 Å². The highest BCUT2D eigenvalue weighted by molar-refractivity contribution is 7.97. The average molecular weight is 872 g/mol. The number of allylic oxidation sites excluding steroid dienone is 2. The zero-order chi connectivity index (χ0) is 46.9. The SMILES string of the molecule is C1=COCO1.CC.CC.CC.CC.CC.CC.CC.CC.O=S1(=O)C=CC=C1.O=c1[nH]cco1.c1c[nH]cn1.c1cc[nH]c1.c1cn[nH]c1.c1cn[nH]n1.c1cnsn1. The van der Waals surface area contributed by atoms with E-state index in [1.165, 1.54) is 48.9 Å². The van der Waals surface area contributed by atoms with Crippen molar-refractivity contribution in [1.29, 1.82) is 0 Å². The first-order valence-electron chi connectivity index (χ1n) is 19.7. The molecule has 0 spiro atoms. The molecule has 19 heteroatoms. The molecule has 340 valence electrons. The molecule has 6 aromatic heterocycles. The van der Waals surface area contributed by atoms with Crippen LogP contribution >= 0.6 is 11.7 Å². The summed E-state index contributed by atoms with van der Waals surface area (Å²) in [6.07, 6.45) is 27.5. The summed E-state index contributed by atoms with van der Waals surface area (Å²) in [4.78, 5) is 21.4. The number of hydrogen-bond donors (Lipinski definition) is 5.